The molecule has 0 nitrogen and oxygen atoms in total. The Bertz CT molecular complexity index is 4560. The van der Waals surface area contributed by atoms with Gasteiger partial charge in [0.2, 0.25) is 0 Å². The summed E-state index contributed by atoms with van der Waals surface area (Å²) in [7, 11) is 0. The van der Waals surface area contributed by atoms with Crippen LogP contribution in [0.2, 0.25) is 0 Å². The summed E-state index contributed by atoms with van der Waals surface area (Å²) < 4.78 is 0. The summed E-state index contributed by atoms with van der Waals surface area (Å²) >= 11 is 0. The lowest BCUT2D eigenvalue weighted by atomic mass is 9.83. The molecule has 362 valence electrons. The summed E-state index contributed by atoms with van der Waals surface area (Å²) in [5.41, 5.74) is 19.3. The molecule has 0 aliphatic heterocycles. The van der Waals surface area contributed by atoms with E-state index < -0.39 is 0 Å². The molecule has 0 heterocycles. The maximum Gasteiger partial charge on any atom is -0.00262 e. The van der Waals surface area contributed by atoms with Crippen LogP contribution in [0.4, 0.5) is 0 Å². The fraction of sp³-hybridized carbons (Fsp3) is 0. The van der Waals surface area contributed by atoms with Crippen molar-refractivity contribution in [2.24, 2.45) is 0 Å². The molecule has 0 aliphatic carbocycles. The first-order chi connectivity index (χ1) is 38.7. The van der Waals surface area contributed by atoms with Crippen LogP contribution in [0.3, 0.4) is 0 Å². The molecule has 78 heavy (non-hydrogen) atoms. The summed E-state index contributed by atoms with van der Waals surface area (Å²) in [6.07, 6.45) is 0. The van der Waals surface area contributed by atoms with Crippen molar-refractivity contribution in [3.63, 3.8) is 0 Å². The third-order valence-electron chi connectivity index (χ3n) is 16.2. The second kappa shape index (κ2) is 18.9. The molecule has 0 aliphatic rings. The average Bonchev–Trinajstić information content (AvgIpc) is 3.71. The van der Waals surface area contributed by atoms with Crippen LogP contribution >= 0.6 is 0 Å². The van der Waals surface area contributed by atoms with Crippen molar-refractivity contribution in [2.75, 3.05) is 0 Å². The minimum absolute atomic E-state index is 1.16. The fourth-order valence-electron chi connectivity index (χ4n) is 12.7. The molecule has 0 atom stereocenters. The third-order valence-corrected chi connectivity index (χ3v) is 16.2. The Hall–Kier alpha value is -10.1. The topological polar surface area (TPSA) is 0 Å². The van der Waals surface area contributed by atoms with Gasteiger partial charge in [0.05, 0.1) is 0 Å². The van der Waals surface area contributed by atoms with Crippen molar-refractivity contribution >= 4 is 64.6 Å². The maximum absolute atomic E-state index is 2.46. The van der Waals surface area contributed by atoms with Crippen LogP contribution in [0.25, 0.3) is 154 Å². The molecule has 0 saturated heterocycles. The van der Waals surface area contributed by atoms with Gasteiger partial charge in [0, 0.05) is 0 Å². The Morgan fingerprint density at radius 3 is 0.744 bits per heavy atom. The lowest BCUT2D eigenvalue weighted by molar-refractivity contribution is 1.59. The van der Waals surface area contributed by atoms with Crippen molar-refractivity contribution in [1.82, 2.24) is 0 Å². The Balaban J connectivity index is 1.01. The average molecular weight is 987 g/mol. The second-order valence-corrected chi connectivity index (χ2v) is 20.6. The first-order valence-corrected chi connectivity index (χ1v) is 27.1. The maximum atomic E-state index is 2.46. The predicted molar refractivity (Wildman–Crippen MR) is 335 cm³/mol. The summed E-state index contributed by atoms with van der Waals surface area (Å²) in [6.45, 7) is 0. The van der Waals surface area contributed by atoms with E-state index >= 15 is 0 Å². The fourth-order valence-corrected chi connectivity index (χ4v) is 12.7. The van der Waals surface area contributed by atoms with E-state index in [0.717, 1.165) is 16.7 Å². The largest absolute Gasteiger partial charge is 0.0622 e. The molecule has 0 bridgehead atoms. The van der Waals surface area contributed by atoms with Gasteiger partial charge in [-0.3, -0.25) is 0 Å². The molecule has 15 aromatic carbocycles. The molecule has 0 fully saturated rings. The zero-order valence-corrected chi connectivity index (χ0v) is 42.9. The van der Waals surface area contributed by atoms with E-state index in [1.54, 1.807) is 0 Å². The molecule has 0 saturated carbocycles. The highest BCUT2D eigenvalue weighted by molar-refractivity contribution is 6.24. The minimum atomic E-state index is 1.16. The number of hydrogen-bond donors (Lipinski definition) is 0. The van der Waals surface area contributed by atoms with Crippen LogP contribution in [0, 0.1) is 0 Å². The molecule has 0 amide bonds. The SMILES string of the molecule is c1ccc(-c2c3ccccc3cc3cc(-c4cc(-c5ccc6c(-c7ccccc7)c7ccccc7c(-c7ccccc7)c6c5)cc(-c5ccc6c(-c7ccccc7)c7ccccc7c(-c7ccccc7)c6c5)c4)ccc23)cc1. The van der Waals surface area contributed by atoms with Gasteiger partial charge >= 0.3 is 0 Å². The van der Waals surface area contributed by atoms with Gasteiger partial charge in [0.1, 0.15) is 0 Å². The summed E-state index contributed by atoms with van der Waals surface area (Å²) in [4.78, 5) is 0. The first kappa shape index (κ1) is 45.3. The molecule has 0 heteroatoms. The second-order valence-electron chi connectivity index (χ2n) is 20.6. The van der Waals surface area contributed by atoms with Gasteiger partial charge in [-0.15, -0.1) is 0 Å². The van der Waals surface area contributed by atoms with E-state index in [-0.39, 0.29) is 0 Å². The van der Waals surface area contributed by atoms with Gasteiger partial charge in [-0.1, -0.05) is 261 Å². The van der Waals surface area contributed by atoms with E-state index in [1.807, 2.05) is 0 Å². The van der Waals surface area contributed by atoms with E-state index in [9.17, 15) is 0 Å². The molecule has 15 aromatic rings. The van der Waals surface area contributed by atoms with E-state index in [2.05, 4.69) is 303 Å². The van der Waals surface area contributed by atoms with Gasteiger partial charge in [-0.05, 0) is 196 Å². The number of fused-ring (bicyclic) bond motifs is 6. The zero-order chi connectivity index (χ0) is 51.5. The van der Waals surface area contributed by atoms with E-state index in [0.29, 0.717) is 0 Å². The summed E-state index contributed by atoms with van der Waals surface area (Å²) in [6, 6.07) is 112. The van der Waals surface area contributed by atoms with Crippen LogP contribution in [-0.4, -0.2) is 0 Å². The Morgan fingerprint density at radius 1 is 0.115 bits per heavy atom. The van der Waals surface area contributed by atoms with Gasteiger partial charge in [-0.25, -0.2) is 0 Å². The molecule has 0 spiro atoms. The normalized spacial score (nSPS) is 11.6. The quantitative estimate of drug-likeness (QED) is 0.133. The molecular weight excluding hydrogens is 937 g/mol. The highest BCUT2D eigenvalue weighted by atomic mass is 14.2. The summed E-state index contributed by atoms with van der Waals surface area (Å²) in [5, 5.41) is 14.9. The highest BCUT2D eigenvalue weighted by Gasteiger charge is 2.21. The standard InChI is InChI=1S/C78H50/c1-6-22-51(23-7-1)74-64-33-17-16-32-59(64)45-63-44-56(38-41-65(63)74)60-46-61(57-39-42-70-72(49-57)77(54-28-12-4-13-29-54)68-36-20-18-34-66(68)75(70)52-24-8-2-9-25-52)48-62(47-60)58-40-43-71-73(50-58)78(55-30-14-5-15-31-55)69-37-21-19-35-67(69)76(71)53-26-10-3-11-27-53/h1-50H. The molecule has 0 aromatic heterocycles. The van der Waals surface area contributed by atoms with Crippen molar-refractivity contribution in [2.45, 2.75) is 0 Å². The highest BCUT2D eigenvalue weighted by Crippen LogP contribution is 2.48. The molecular formula is C78H50. The Morgan fingerprint density at radius 2 is 0.372 bits per heavy atom. The van der Waals surface area contributed by atoms with Crippen molar-refractivity contribution < 1.29 is 0 Å². The van der Waals surface area contributed by atoms with Crippen LogP contribution in [0.1, 0.15) is 0 Å². The molecule has 0 radical (unpaired) electrons. The van der Waals surface area contributed by atoms with Crippen LogP contribution < -0.4 is 0 Å². The molecule has 15 rings (SSSR count). The zero-order valence-electron chi connectivity index (χ0n) is 42.9. The van der Waals surface area contributed by atoms with Gasteiger partial charge in [0.25, 0.3) is 0 Å². The van der Waals surface area contributed by atoms with E-state index in [4.69, 9.17) is 0 Å². The monoisotopic (exact) mass is 986 g/mol. The Kier molecular flexibility index (Phi) is 11.0. The van der Waals surface area contributed by atoms with Crippen LogP contribution in [0.15, 0.2) is 303 Å². The van der Waals surface area contributed by atoms with Crippen molar-refractivity contribution in [3.8, 4) is 89.0 Å². The lowest BCUT2D eigenvalue weighted by Gasteiger charge is -2.20. The molecule has 0 unspecified atom stereocenters. The van der Waals surface area contributed by atoms with Crippen molar-refractivity contribution in [1.29, 1.82) is 0 Å². The van der Waals surface area contributed by atoms with E-state index in [1.165, 1.54) is 137 Å². The first-order valence-electron chi connectivity index (χ1n) is 27.1. The van der Waals surface area contributed by atoms with Gasteiger partial charge < -0.3 is 0 Å². The molecule has 0 N–H and O–H groups in total. The smallest absolute Gasteiger partial charge is 0.00262 e. The van der Waals surface area contributed by atoms with Crippen LogP contribution in [0.5, 0.6) is 0 Å². The third kappa shape index (κ3) is 7.69. The predicted octanol–water partition coefficient (Wildman–Crippen LogP) is 21.9. The van der Waals surface area contributed by atoms with Crippen LogP contribution in [-0.2, 0) is 0 Å². The van der Waals surface area contributed by atoms with Gasteiger partial charge in [0.15, 0.2) is 0 Å². The summed E-state index contributed by atoms with van der Waals surface area (Å²) in [5.74, 6) is 0. The number of benzene rings is 15. The Labute approximate surface area is 454 Å². The number of hydrogen-bond acceptors (Lipinski definition) is 0. The van der Waals surface area contributed by atoms with Gasteiger partial charge in [-0.2, -0.15) is 0 Å². The lowest BCUT2D eigenvalue weighted by Crippen LogP contribution is -1.93. The minimum Gasteiger partial charge on any atom is -0.0622 e. The number of rotatable bonds is 8. The van der Waals surface area contributed by atoms with Crippen molar-refractivity contribution in [3.05, 3.63) is 303 Å².